The maximum absolute atomic E-state index is 13.0. The first kappa shape index (κ1) is 20.4. The molecule has 0 aliphatic carbocycles. The standard InChI is InChI=1S/C22H29N5O3/c1-3-19(28)26-18-5-4-14-25(16-10-12-24-13-11-16)27(18)21(22(23)29)20(26)15-6-8-17(30-2)9-7-15/h3,6-9,16,18,24H,1,4-5,10-14H2,2H3,(H2,23,29). The number of methoxy groups -OCH3 is 1. The Labute approximate surface area is 176 Å². The lowest BCUT2D eigenvalue weighted by molar-refractivity contribution is -0.147. The fraction of sp³-hybridized carbons (Fsp3) is 0.455. The highest BCUT2D eigenvalue weighted by Crippen LogP contribution is 2.42. The van der Waals surface area contributed by atoms with Crippen molar-refractivity contribution in [3.63, 3.8) is 0 Å². The molecule has 8 heteroatoms. The van der Waals surface area contributed by atoms with Crippen molar-refractivity contribution in [1.29, 1.82) is 0 Å². The molecule has 1 aromatic carbocycles. The molecule has 0 aromatic heterocycles. The number of ether oxygens (including phenoxy) is 1. The number of rotatable bonds is 5. The van der Waals surface area contributed by atoms with Crippen LogP contribution in [0.4, 0.5) is 0 Å². The minimum Gasteiger partial charge on any atom is -0.497 e. The number of hydrogen-bond acceptors (Lipinski definition) is 6. The highest BCUT2D eigenvalue weighted by Gasteiger charge is 2.48. The van der Waals surface area contributed by atoms with Gasteiger partial charge < -0.3 is 15.8 Å². The maximum atomic E-state index is 13.0. The van der Waals surface area contributed by atoms with Gasteiger partial charge in [-0.25, -0.2) is 5.01 Å². The van der Waals surface area contributed by atoms with Gasteiger partial charge >= 0.3 is 0 Å². The van der Waals surface area contributed by atoms with Crippen LogP contribution in [0.3, 0.4) is 0 Å². The van der Waals surface area contributed by atoms with Crippen LogP contribution < -0.4 is 15.8 Å². The number of fused-ring (bicyclic) bond motifs is 1. The summed E-state index contributed by atoms with van der Waals surface area (Å²) < 4.78 is 5.26. The van der Waals surface area contributed by atoms with E-state index < -0.39 is 5.91 Å². The van der Waals surface area contributed by atoms with Crippen molar-refractivity contribution < 1.29 is 14.3 Å². The Bertz CT molecular complexity index is 860. The first-order chi connectivity index (χ1) is 14.6. The van der Waals surface area contributed by atoms with E-state index in [-0.39, 0.29) is 12.1 Å². The topological polar surface area (TPSA) is 91.1 Å². The summed E-state index contributed by atoms with van der Waals surface area (Å²) in [6.45, 7) is 6.40. The van der Waals surface area contributed by atoms with Crippen molar-refractivity contribution in [3.8, 4) is 5.75 Å². The quantitative estimate of drug-likeness (QED) is 0.709. The molecule has 3 aliphatic rings. The second-order valence-corrected chi connectivity index (χ2v) is 7.81. The number of nitrogens with zero attached hydrogens (tertiary/aromatic N) is 3. The van der Waals surface area contributed by atoms with Gasteiger partial charge in [0.2, 0.25) is 0 Å². The molecule has 1 atom stereocenters. The van der Waals surface area contributed by atoms with Gasteiger partial charge in [0.15, 0.2) is 0 Å². The van der Waals surface area contributed by atoms with Crippen LogP contribution in [0.15, 0.2) is 42.6 Å². The van der Waals surface area contributed by atoms with E-state index in [1.807, 2.05) is 29.3 Å². The van der Waals surface area contributed by atoms with Crippen LogP contribution in [0.2, 0.25) is 0 Å². The number of primary amides is 1. The van der Waals surface area contributed by atoms with Gasteiger partial charge in [-0.2, -0.15) is 0 Å². The van der Waals surface area contributed by atoms with Crippen LogP contribution in [0.5, 0.6) is 5.75 Å². The van der Waals surface area contributed by atoms with Gasteiger partial charge in [-0.05, 0) is 69.1 Å². The molecular formula is C22H29N5O3. The summed E-state index contributed by atoms with van der Waals surface area (Å²) in [7, 11) is 1.60. The van der Waals surface area contributed by atoms with Gasteiger partial charge in [-0.15, -0.1) is 0 Å². The zero-order valence-electron chi connectivity index (χ0n) is 17.3. The normalized spacial score (nSPS) is 22.8. The Kier molecular flexibility index (Phi) is 5.78. The highest BCUT2D eigenvalue weighted by atomic mass is 16.5. The first-order valence-corrected chi connectivity index (χ1v) is 10.5. The summed E-state index contributed by atoms with van der Waals surface area (Å²) in [6.07, 6.45) is 4.70. The lowest BCUT2D eigenvalue weighted by Gasteiger charge is -2.48. The summed E-state index contributed by atoms with van der Waals surface area (Å²) in [5.74, 6) is -0.0705. The predicted octanol–water partition coefficient (Wildman–Crippen LogP) is 1.27. The largest absolute Gasteiger partial charge is 0.497 e. The molecule has 0 bridgehead atoms. The molecule has 0 saturated carbocycles. The predicted molar refractivity (Wildman–Crippen MR) is 114 cm³/mol. The fourth-order valence-corrected chi connectivity index (χ4v) is 4.80. The minimum absolute atomic E-state index is 0.237. The molecular weight excluding hydrogens is 382 g/mol. The number of nitrogens with one attached hydrogen (secondary N) is 1. The maximum Gasteiger partial charge on any atom is 0.268 e. The average Bonchev–Trinajstić information content (AvgIpc) is 3.14. The van der Waals surface area contributed by atoms with E-state index in [0.717, 1.165) is 50.9 Å². The summed E-state index contributed by atoms with van der Waals surface area (Å²) >= 11 is 0. The third kappa shape index (κ3) is 3.46. The summed E-state index contributed by atoms with van der Waals surface area (Å²) in [5, 5.41) is 7.64. The summed E-state index contributed by atoms with van der Waals surface area (Å²) in [6, 6.07) is 7.65. The Hall–Kier alpha value is -2.84. The van der Waals surface area contributed by atoms with E-state index in [1.165, 1.54) is 6.08 Å². The van der Waals surface area contributed by atoms with E-state index in [2.05, 4.69) is 16.9 Å². The molecule has 3 heterocycles. The molecule has 30 heavy (non-hydrogen) atoms. The van der Waals surface area contributed by atoms with Gasteiger partial charge in [-0.1, -0.05) is 6.58 Å². The van der Waals surface area contributed by atoms with Gasteiger partial charge in [-0.3, -0.25) is 19.5 Å². The SMILES string of the molecule is C=CC(=O)N1C(c2ccc(OC)cc2)=C(C(N)=O)N2C1CCCN2C1CCNCC1. The Morgan fingerprint density at radius 3 is 2.50 bits per heavy atom. The molecule has 1 aromatic rings. The Morgan fingerprint density at radius 2 is 1.90 bits per heavy atom. The van der Waals surface area contributed by atoms with E-state index in [0.29, 0.717) is 23.2 Å². The number of carbonyl (C=O) groups is 2. The van der Waals surface area contributed by atoms with Crippen LogP contribution in [0.25, 0.3) is 5.70 Å². The zero-order chi connectivity index (χ0) is 21.3. The molecule has 3 aliphatic heterocycles. The highest BCUT2D eigenvalue weighted by molar-refractivity contribution is 6.05. The third-order valence-electron chi connectivity index (χ3n) is 6.14. The lowest BCUT2D eigenvalue weighted by atomic mass is 10.0. The molecule has 8 nitrogen and oxygen atoms in total. The van der Waals surface area contributed by atoms with Crippen LogP contribution in [-0.4, -0.2) is 65.7 Å². The summed E-state index contributed by atoms with van der Waals surface area (Å²) in [5.41, 5.74) is 7.58. The second kappa shape index (κ2) is 8.49. The second-order valence-electron chi connectivity index (χ2n) is 7.81. The molecule has 160 valence electrons. The van der Waals surface area contributed by atoms with Crippen molar-refractivity contribution in [1.82, 2.24) is 20.2 Å². The van der Waals surface area contributed by atoms with Crippen molar-refractivity contribution in [2.24, 2.45) is 5.73 Å². The third-order valence-corrected chi connectivity index (χ3v) is 6.14. The number of piperidine rings is 1. The van der Waals surface area contributed by atoms with Crippen molar-refractivity contribution >= 4 is 17.5 Å². The monoisotopic (exact) mass is 411 g/mol. The fourth-order valence-electron chi connectivity index (χ4n) is 4.80. The van der Waals surface area contributed by atoms with E-state index in [4.69, 9.17) is 10.5 Å². The smallest absolute Gasteiger partial charge is 0.268 e. The average molecular weight is 412 g/mol. The molecule has 1 unspecified atom stereocenters. The number of nitrogens with two attached hydrogens (primary N) is 1. The molecule has 2 amide bonds. The van der Waals surface area contributed by atoms with E-state index >= 15 is 0 Å². The number of hydrogen-bond donors (Lipinski definition) is 2. The van der Waals surface area contributed by atoms with Crippen LogP contribution in [0, 0.1) is 0 Å². The molecule has 2 fully saturated rings. The van der Waals surface area contributed by atoms with Gasteiger partial charge in [0.25, 0.3) is 11.8 Å². The van der Waals surface area contributed by atoms with Crippen LogP contribution in [-0.2, 0) is 9.59 Å². The number of hydrazine groups is 1. The van der Waals surface area contributed by atoms with Crippen molar-refractivity contribution in [2.75, 3.05) is 26.7 Å². The molecule has 0 spiro atoms. The molecule has 2 saturated heterocycles. The Morgan fingerprint density at radius 1 is 1.20 bits per heavy atom. The number of amides is 2. The van der Waals surface area contributed by atoms with E-state index in [1.54, 1.807) is 12.0 Å². The van der Waals surface area contributed by atoms with Crippen molar-refractivity contribution in [3.05, 3.63) is 48.2 Å². The minimum atomic E-state index is -0.536. The van der Waals surface area contributed by atoms with Crippen LogP contribution in [0.1, 0.15) is 31.2 Å². The Balaban J connectivity index is 1.84. The van der Waals surface area contributed by atoms with Crippen molar-refractivity contribution in [2.45, 2.75) is 37.9 Å². The van der Waals surface area contributed by atoms with Crippen LogP contribution >= 0.6 is 0 Å². The van der Waals surface area contributed by atoms with Gasteiger partial charge in [0, 0.05) is 18.2 Å². The van der Waals surface area contributed by atoms with Gasteiger partial charge in [0.1, 0.15) is 17.6 Å². The molecule has 0 radical (unpaired) electrons. The van der Waals surface area contributed by atoms with Gasteiger partial charge in [0.05, 0.1) is 12.8 Å². The first-order valence-electron chi connectivity index (χ1n) is 10.5. The van der Waals surface area contributed by atoms with E-state index in [9.17, 15) is 9.59 Å². The molecule has 3 N–H and O–H groups in total. The number of carbonyl (C=O) groups excluding carboxylic acids is 2. The molecule has 4 rings (SSSR count). The lowest BCUT2D eigenvalue weighted by Crippen LogP contribution is -2.60. The summed E-state index contributed by atoms with van der Waals surface area (Å²) in [4.78, 5) is 27.4. The zero-order valence-corrected chi connectivity index (χ0v) is 17.3. The number of benzene rings is 1.